The molecule has 0 aromatic heterocycles. The Bertz CT molecular complexity index is 994. The van der Waals surface area contributed by atoms with E-state index in [4.69, 9.17) is 23.7 Å². The maximum Gasteiger partial charge on any atom is 0.223 e. The van der Waals surface area contributed by atoms with Crippen LogP contribution in [0.5, 0.6) is 11.5 Å². The zero-order chi connectivity index (χ0) is 25.2. The predicted octanol–water partition coefficient (Wildman–Crippen LogP) is 2.65. The molecular formula is C27H34N2O7. The number of aliphatic hydroxyl groups is 1. The van der Waals surface area contributed by atoms with Crippen LogP contribution in [0, 0.1) is 0 Å². The zero-order valence-electron chi connectivity index (χ0n) is 20.6. The Balaban J connectivity index is 1.35. The van der Waals surface area contributed by atoms with E-state index in [1.54, 1.807) is 31.4 Å². The molecule has 2 heterocycles. The average molecular weight is 499 g/mol. The number of morpholine rings is 1. The zero-order valence-corrected chi connectivity index (χ0v) is 20.6. The molecule has 2 N–H and O–H groups in total. The molecule has 0 radical (unpaired) electrons. The number of rotatable bonds is 11. The third-order valence-electron chi connectivity index (χ3n) is 6.15. The lowest BCUT2D eigenvalue weighted by molar-refractivity contribution is -0.123. The van der Waals surface area contributed by atoms with Crippen molar-refractivity contribution in [2.45, 2.75) is 31.4 Å². The van der Waals surface area contributed by atoms with Crippen molar-refractivity contribution >= 4 is 5.91 Å². The summed E-state index contributed by atoms with van der Waals surface area (Å²) in [6, 6.07) is 6.57. The van der Waals surface area contributed by atoms with Crippen LogP contribution in [0.15, 0.2) is 72.1 Å². The third kappa shape index (κ3) is 7.36. The van der Waals surface area contributed by atoms with Crippen LogP contribution in [0.3, 0.4) is 0 Å². The topological polar surface area (TPSA) is 98.7 Å². The number of hydrogen-bond acceptors (Lipinski definition) is 8. The van der Waals surface area contributed by atoms with E-state index in [-0.39, 0.29) is 24.7 Å². The van der Waals surface area contributed by atoms with E-state index < -0.39 is 12.1 Å². The fraction of sp³-hybridized carbons (Fsp3) is 0.444. The molecule has 1 amide bonds. The Kier molecular flexibility index (Phi) is 9.43. The predicted molar refractivity (Wildman–Crippen MR) is 133 cm³/mol. The van der Waals surface area contributed by atoms with E-state index in [2.05, 4.69) is 16.3 Å². The van der Waals surface area contributed by atoms with Gasteiger partial charge in [0, 0.05) is 19.6 Å². The van der Waals surface area contributed by atoms with Gasteiger partial charge >= 0.3 is 0 Å². The Hall–Kier alpha value is -3.27. The summed E-state index contributed by atoms with van der Waals surface area (Å²) in [5.74, 6) is 1.99. The van der Waals surface area contributed by atoms with Crippen molar-refractivity contribution in [3.05, 3.63) is 72.1 Å². The number of allylic oxidation sites excluding steroid dienone is 4. The van der Waals surface area contributed by atoms with Gasteiger partial charge in [0.1, 0.15) is 30.1 Å². The van der Waals surface area contributed by atoms with E-state index in [1.165, 1.54) is 12.5 Å². The van der Waals surface area contributed by atoms with Crippen molar-refractivity contribution in [3.63, 3.8) is 0 Å². The van der Waals surface area contributed by atoms with Crippen molar-refractivity contribution < 1.29 is 33.6 Å². The van der Waals surface area contributed by atoms with Crippen LogP contribution < -0.4 is 14.8 Å². The second-order valence-electron chi connectivity index (χ2n) is 8.71. The summed E-state index contributed by atoms with van der Waals surface area (Å²) >= 11 is 0. The minimum absolute atomic E-state index is 0.138. The highest BCUT2D eigenvalue weighted by molar-refractivity contribution is 5.76. The van der Waals surface area contributed by atoms with Crippen LogP contribution in [0.4, 0.5) is 0 Å². The Morgan fingerprint density at radius 1 is 1.17 bits per heavy atom. The maximum absolute atomic E-state index is 12.8. The van der Waals surface area contributed by atoms with Gasteiger partial charge in [-0.15, -0.1) is 0 Å². The number of hydrogen-bond donors (Lipinski definition) is 2. The molecule has 2 atom stereocenters. The van der Waals surface area contributed by atoms with Gasteiger partial charge in [-0.2, -0.15) is 0 Å². The number of nitrogens with zero attached hydrogens (tertiary/aromatic N) is 1. The van der Waals surface area contributed by atoms with Crippen LogP contribution in [-0.2, 0) is 19.0 Å². The minimum Gasteiger partial charge on any atom is -0.497 e. The summed E-state index contributed by atoms with van der Waals surface area (Å²) in [7, 11) is 1.60. The molecule has 3 aliphatic rings. The molecule has 9 heteroatoms. The molecule has 1 aromatic rings. The van der Waals surface area contributed by atoms with Crippen molar-refractivity contribution in [2.75, 3.05) is 46.6 Å². The van der Waals surface area contributed by atoms with Crippen LogP contribution in [0.1, 0.15) is 19.3 Å². The van der Waals surface area contributed by atoms with Gasteiger partial charge in [0.05, 0.1) is 39.4 Å². The molecule has 0 saturated carbocycles. The molecule has 4 rings (SSSR count). The van der Waals surface area contributed by atoms with Gasteiger partial charge in [0.2, 0.25) is 5.91 Å². The lowest BCUT2D eigenvalue weighted by atomic mass is 10.0. The molecule has 9 nitrogen and oxygen atoms in total. The molecule has 36 heavy (non-hydrogen) atoms. The highest BCUT2D eigenvalue weighted by Crippen LogP contribution is 2.28. The number of carbonyl (C=O) groups excluding carboxylic acids is 1. The van der Waals surface area contributed by atoms with Crippen molar-refractivity contribution in [2.24, 2.45) is 0 Å². The second kappa shape index (κ2) is 13.2. The molecule has 0 spiro atoms. The Labute approximate surface area is 211 Å². The van der Waals surface area contributed by atoms with E-state index in [9.17, 15) is 9.90 Å². The number of benzene rings is 1. The quantitative estimate of drug-likeness (QED) is 0.481. The fourth-order valence-corrected chi connectivity index (χ4v) is 4.11. The smallest absolute Gasteiger partial charge is 0.223 e. The number of methoxy groups -OCH3 is 1. The van der Waals surface area contributed by atoms with Gasteiger partial charge in [-0.3, -0.25) is 9.69 Å². The highest BCUT2D eigenvalue weighted by Gasteiger charge is 2.31. The van der Waals surface area contributed by atoms with Crippen LogP contribution >= 0.6 is 0 Å². The molecule has 1 aromatic carbocycles. The average Bonchev–Trinajstić information content (AvgIpc) is 2.94. The Morgan fingerprint density at radius 3 is 2.67 bits per heavy atom. The number of aliphatic hydroxyl groups excluding tert-OH is 1. The van der Waals surface area contributed by atoms with Gasteiger partial charge in [-0.25, -0.2) is 0 Å². The monoisotopic (exact) mass is 498 g/mol. The first-order valence-corrected chi connectivity index (χ1v) is 12.3. The number of carbonyl (C=O) groups is 1. The van der Waals surface area contributed by atoms with E-state index in [1.807, 2.05) is 12.2 Å². The summed E-state index contributed by atoms with van der Waals surface area (Å²) < 4.78 is 27.8. The number of amides is 1. The van der Waals surface area contributed by atoms with Gasteiger partial charge in [-0.05, 0) is 42.7 Å². The second-order valence-corrected chi connectivity index (χ2v) is 8.71. The number of nitrogens with one attached hydrogen (secondary N) is 1. The SMILES string of the molecule is COc1ccc(OCCC(=O)N[C@H](CN2CCOCC2)[C@@H](O)C2=COC=C(C3=CC=CCC3)O2)cc1. The van der Waals surface area contributed by atoms with E-state index >= 15 is 0 Å². The summed E-state index contributed by atoms with van der Waals surface area (Å²) in [4.78, 5) is 15.0. The normalized spacial score (nSPS) is 19.6. The van der Waals surface area contributed by atoms with Crippen LogP contribution in [0.2, 0.25) is 0 Å². The van der Waals surface area contributed by atoms with Crippen LogP contribution in [-0.4, -0.2) is 74.6 Å². The fourth-order valence-electron chi connectivity index (χ4n) is 4.11. The molecular weight excluding hydrogens is 464 g/mol. The summed E-state index contributed by atoms with van der Waals surface area (Å²) in [5.41, 5.74) is 1.000. The van der Waals surface area contributed by atoms with Gasteiger partial charge in [0.25, 0.3) is 0 Å². The highest BCUT2D eigenvalue weighted by atomic mass is 16.6. The largest absolute Gasteiger partial charge is 0.497 e. The first-order chi connectivity index (χ1) is 17.6. The van der Waals surface area contributed by atoms with Gasteiger partial charge in [-0.1, -0.05) is 18.2 Å². The number of ether oxygens (including phenoxy) is 5. The summed E-state index contributed by atoms with van der Waals surface area (Å²) in [5, 5.41) is 14.2. The molecule has 0 unspecified atom stereocenters. The first kappa shape index (κ1) is 25.8. The summed E-state index contributed by atoms with van der Waals surface area (Å²) in [6.07, 6.45) is 9.76. The molecule has 1 aliphatic carbocycles. The van der Waals surface area contributed by atoms with Crippen molar-refractivity contribution in [1.29, 1.82) is 0 Å². The molecule has 1 fully saturated rings. The molecule has 2 aliphatic heterocycles. The first-order valence-electron chi connectivity index (χ1n) is 12.3. The summed E-state index contributed by atoms with van der Waals surface area (Å²) in [6.45, 7) is 3.32. The van der Waals surface area contributed by atoms with Crippen molar-refractivity contribution in [3.8, 4) is 11.5 Å². The van der Waals surface area contributed by atoms with E-state index in [0.717, 1.165) is 37.3 Å². The van der Waals surface area contributed by atoms with Crippen LogP contribution in [0.25, 0.3) is 0 Å². The van der Waals surface area contributed by atoms with E-state index in [0.29, 0.717) is 31.3 Å². The lowest BCUT2D eigenvalue weighted by Crippen LogP contribution is -2.53. The Morgan fingerprint density at radius 2 is 1.94 bits per heavy atom. The lowest BCUT2D eigenvalue weighted by Gasteiger charge is -2.34. The van der Waals surface area contributed by atoms with Crippen molar-refractivity contribution in [1.82, 2.24) is 10.2 Å². The van der Waals surface area contributed by atoms with Gasteiger partial charge < -0.3 is 34.1 Å². The minimum atomic E-state index is -1.09. The molecule has 1 saturated heterocycles. The molecule has 0 bridgehead atoms. The molecule has 194 valence electrons. The standard InChI is InChI=1S/C27H34N2O7/c1-32-21-7-9-22(10-8-21)35-14-11-26(30)28-23(17-29-12-15-33-16-13-29)27(31)25-19-34-18-24(36-25)20-5-3-2-4-6-20/h2-3,5,7-10,18-19,23,27,31H,4,6,11-17H2,1H3,(H,28,30)/t23-,27-/m1/s1. The third-order valence-corrected chi connectivity index (χ3v) is 6.15. The maximum atomic E-state index is 12.8. The van der Waals surface area contributed by atoms with Gasteiger partial charge in [0.15, 0.2) is 11.5 Å².